The Hall–Kier alpha value is -3.21. The number of amides is 2. The minimum absolute atomic E-state index is 0.167. The van der Waals surface area contributed by atoms with Gasteiger partial charge in [-0.3, -0.25) is 9.59 Å². The second-order valence-corrected chi connectivity index (χ2v) is 7.58. The van der Waals surface area contributed by atoms with Gasteiger partial charge in [0.25, 0.3) is 11.8 Å². The van der Waals surface area contributed by atoms with Gasteiger partial charge in [-0.05, 0) is 41.5 Å². The Morgan fingerprint density at radius 1 is 0.964 bits per heavy atom. The topological polar surface area (TPSA) is 59.0 Å². The van der Waals surface area contributed by atoms with Crippen LogP contribution in [-0.2, 0) is 16.2 Å². The van der Waals surface area contributed by atoms with E-state index in [0.29, 0.717) is 12.4 Å². The fourth-order valence-electron chi connectivity index (χ4n) is 4.55. The minimum atomic E-state index is -0.222. The highest BCUT2D eigenvalue weighted by atomic mass is 16.5. The van der Waals surface area contributed by atoms with Crippen molar-refractivity contribution in [2.45, 2.75) is 13.0 Å². The van der Waals surface area contributed by atoms with Crippen LogP contribution >= 0.6 is 0 Å². The van der Waals surface area contributed by atoms with Crippen LogP contribution in [0.25, 0.3) is 0 Å². The number of rotatable bonds is 5. The van der Waals surface area contributed by atoms with Gasteiger partial charge in [0.2, 0.25) is 0 Å². The Balaban J connectivity index is 1.28. The van der Waals surface area contributed by atoms with Crippen LogP contribution < -0.4 is 4.74 Å². The number of carbonyl (C=O) groups is 2. The number of benzene rings is 2. The average Bonchev–Trinajstić information content (AvgIpc) is 3.40. The van der Waals surface area contributed by atoms with Gasteiger partial charge in [0.05, 0.1) is 18.1 Å². The molecule has 1 heterocycles. The molecule has 5 rings (SSSR count). The summed E-state index contributed by atoms with van der Waals surface area (Å²) in [4.78, 5) is 25.3. The second kappa shape index (κ2) is 6.75. The van der Waals surface area contributed by atoms with Gasteiger partial charge in [0.1, 0.15) is 12.4 Å². The number of fused-ring (bicyclic) bond motifs is 5. The van der Waals surface area contributed by atoms with Gasteiger partial charge in [-0.15, -0.1) is 0 Å². The van der Waals surface area contributed by atoms with E-state index in [0.717, 1.165) is 22.6 Å². The quantitative estimate of drug-likeness (QED) is 0.459. The van der Waals surface area contributed by atoms with E-state index in [4.69, 9.17) is 4.74 Å². The third kappa shape index (κ3) is 2.83. The Bertz CT molecular complexity index is 952. The van der Waals surface area contributed by atoms with E-state index < -0.39 is 0 Å². The summed E-state index contributed by atoms with van der Waals surface area (Å²) in [6, 6.07) is 17.4. The predicted molar refractivity (Wildman–Crippen MR) is 104 cm³/mol. The molecule has 2 aliphatic carbocycles. The Labute approximate surface area is 163 Å². The predicted octanol–water partition coefficient (Wildman–Crippen LogP) is 3.41. The first-order valence-corrected chi connectivity index (χ1v) is 9.57. The van der Waals surface area contributed by atoms with E-state index >= 15 is 0 Å². The van der Waals surface area contributed by atoms with Crippen LogP contribution in [0.15, 0.2) is 71.9 Å². The smallest absolute Gasteiger partial charge is 0.254 e. The molecule has 1 saturated heterocycles. The number of allylic oxidation sites excluding steroid dienone is 2. The maximum Gasteiger partial charge on any atom is 0.254 e. The van der Waals surface area contributed by atoms with E-state index in [9.17, 15) is 9.59 Å². The van der Waals surface area contributed by atoms with Crippen molar-refractivity contribution in [1.29, 1.82) is 0 Å². The van der Waals surface area contributed by atoms with Crippen molar-refractivity contribution in [3.8, 4) is 5.75 Å². The molecule has 2 bridgehead atoms. The summed E-state index contributed by atoms with van der Waals surface area (Å²) in [5.74, 6) is 0.327. The first kappa shape index (κ1) is 16.9. The Kier molecular flexibility index (Phi) is 4.08. The van der Waals surface area contributed by atoms with E-state index in [2.05, 4.69) is 17.3 Å². The number of hydrazone groups is 1. The Morgan fingerprint density at radius 2 is 1.68 bits per heavy atom. The highest BCUT2D eigenvalue weighted by Gasteiger charge is 2.59. The number of hydrogen-bond donors (Lipinski definition) is 0. The fourth-order valence-corrected chi connectivity index (χ4v) is 4.55. The molecule has 0 N–H and O–H groups in total. The molecule has 5 heteroatoms. The molecular weight excluding hydrogens is 352 g/mol. The number of ether oxygens (including phenoxy) is 1. The molecular formula is C23H20N2O3. The molecule has 2 amide bonds. The maximum atomic E-state index is 12.7. The molecule has 2 aromatic rings. The fraction of sp³-hybridized carbons (Fsp3) is 0.261. The lowest BCUT2D eigenvalue weighted by Gasteiger charge is -2.13. The lowest BCUT2D eigenvalue weighted by atomic mass is 9.85. The summed E-state index contributed by atoms with van der Waals surface area (Å²) in [6.45, 7) is 0.476. The van der Waals surface area contributed by atoms with E-state index in [-0.39, 0.29) is 35.5 Å². The van der Waals surface area contributed by atoms with Crippen LogP contribution in [-0.4, -0.2) is 23.0 Å². The summed E-state index contributed by atoms with van der Waals surface area (Å²) >= 11 is 0. The summed E-state index contributed by atoms with van der Waals surface area (Å²) in [5, 5.41) is 5.29. The Morgan fingerprint density at radius 3 is 2.39 bits per heavy atom. The van der Waals surface area contributed by atoms with Crippen molar-refractivity contribution in [3.63, 3.8) is 0 Å². The standard InChI is InChI=1S/C23H20N2O3/c26-22-20-17-9-10-18(12-17)21(20)23(27)25(22)24-13-16-7-4-8-19(11-16)28-14-15-5-2-1-3-6-15/h1-11,13,17-18,20-21H,12,14H2/t17-,18-,20-,21+/m0/s1. The van der Waals surface area contributed by atoms with E-state index in [1.165, 1.54) is 0 Å². The number of nitrogens with zero attached hydrogens (tertiary/aromatic N) is 2. The molecule has 0 radical (unpaired) electrons. The summed E-state index contributed by atoms with van der Waals surface area (Å²) in [7, 11) is 0. The van der Waals surface area contributed by atoms with Crippen LogP contribution in [0.4, 0.5) is 0 Å². The molecule has 0 unspecified atom stereocenters. The average molecular weight is 372 g/mol. The largest absolute Gasteiger partial charge is 0.489 e. The van der Waals surface area contributed by atoms with Crippen LogP contribution in [0.1, 0.15) is 17.5 Å². The molecule has 2 aromatic carbocycles. The van der Waals surface area contributed by atoms with Crippen LogP contribution in [0, 0.1) is 23.7 Å². The summed E-state index contributed by atoms with van der Waals surface area (Å²) in [6.07, 6.45) is 6.64. The molecule has 0 spiro atoms. The number of imide groups is 1. The van der Waals surface area contributed by atoms with Gasteiger partial charge in [0.15, 0.2) is 0 Å². The molecule has 0 aromatic heterocycles. The first-order chi connectivity index (χ1) is 13.7. The van der Waals surface area contributed by atoms with Gasteiger partial charge in [0, 0.05) is 0 Å². The van der Waals surface area contributed by atoms with Crippen molar-refractivity contribution in [2.75, 3.05) is 0 Å². The van der Waals surface area contributed by atoms with Crippen LogP contribution in [0.3, 0.4) is 0 Å². The normalized spacial score (nSPS) is 27.8. The van der Waals surface area contributed by atoms with Gasteiger partial charge in [-0.1, -0.05) is 54.6 Å². The van der Waals surface area contributed by atoms with Gasteiger partial charge < -0.3 is 4.74 Å². The molecule has 1 aliphatic heterocycles. The number of hydrogen-bond acceptors (Lipinski definition) is 4. The monoisotopic (exact) mass is 372 g/mol. The van der Waals surface area contributed by atoms with Crippen molar-refractivity contribution < 1.29 is 14.3 Å². The van der Waals surface area contributed by atoms with Gasteiger partial charge >= 0.3 is 0 Å². The zero-order valence-electron chi connectivity index (χ0n) is 15.3. The van der Waals surface area contributed by atoms with Crippen LogP contribution in [0.5, 0.6) is 5.75 Å². The first-order valence-electron chi connectivity index (χ1n) is 9.57. The molecule has 1 saturated carbocycles. The second-order valence-electron chi connectivity index (χ2n) is 7.58. The van der Waals surface area contributed by atoms with E-state index in [1.807, 2.05) is 54.6 Å². The lowest BCUT2D eigenvalue weighted by molar-refractivity contribution is -0.140. The molecule has 140 valence electrons. The molecule has 4 atom stereocenters. The van der Waals surface area contributed by atoms with Crippen molar-refractivity contribution >= 4 is 18.0 Å². The highest BCUT2D eigenvalue weighted by molar-refractivity contribution is 6.06. The highest BCUT2D eigenvalue weighted by Crippen LogP contribution is 2.52. The third-order valence-electron chi connectivity index (χ3n) is 5.88. The maximum absolute atomic E-state index is 12.7. The lowest BCUT2D eigenvalue weighted by Crippen LogP contribution is -2.28. The van der Waals surface area contributed by atoms with Crippen molar-refractivity contribution in [2.24, 2.45) is 28.8 Å². The molecule has 3 aliphatic rings. The molecule has 5 nitrogen and oxygen atoms in total. The zero-order chi connectivity index (χ0) is 19.1. The molecule has 28 heavy (non-hydrogen) atoms. The van der Waals surface area contributed by atoms with E-state index in [1.54, 1.807) is 6.21 Å². The summed E-state index contributed by atoms with van der Waals surface area (Å²) < 4.78 is 5.83. The SMILES string of the molecule is O=C1[C@@H]2[C@H](C(=O)N1N=Cc1cccc(OCc3ccccc3)c1)[C@H]1C=C[C@H]2C1. The zero-order valence-corrected chi connectivity index (χ0v) is 15.3. The van der Waals surface area contributed by atoms with Gasteiger partial charge in [-0.25, -0.2) is 0 Å². The summed E-state index contributed by atoms with van der Waals surface area (Å²) in [5.41, 5.74) is 1.87. The molecule has 2 fully saturated rings. The number of carbonyl (C=O) groups excluding carboxylic acids is 2. The van der Waals surface area contributed by atoms with Crippen molar-refractivity contribution in [3.05, 3.63) is 77.9 Å². The van der Waals surface area contributed by atoms with Crippen molar-refractivity contribution in [1.82, 2.24) is 5.01 Å². The third-order valence-corrected chi connectivity index (χ3v) is 5.88. The minimum Gasteiger partial charge on any atom is -0.489 e. The van der Waals surface area contributed by atoms with Gasteiger partial charge in [-0.2, -0.15) is 10.1 Å². The van der Waals surface area contributed by atoms with Crippen LogP contribution in [0.2, 0.25) is 0 Å².